The summed E-state index contributed by atoms with van der Waals surface area (Å²) >= 11 is 7.05. The van der Waals surface area contributed by atoms with Gasteiger partial charge in [0.25, 0.3) is 0 Å². The van der Waals surface area contributed by atoms with Crippen molar-refractivity contribution in [2.24, 2.45) is 5.73 Å². The highest BCUT2D eigenvalue weighted by Gasteiger charge is 2.03. The molecule has 1 nitrogen and oxygen atoms in total. The van der Waals surface area contributed by atoms with Crippen LogP contribution in [0, 0.1) is 11.8 Å². The van der Waals surface area contributed by atoms with E-state index in [0.717, 1.165) is 15.8 Å². The maximum absolute atomic E-state index is 5.40. The number of halogens is 1. The summed E-state index contributed by atoms with van der Waals surface area (Å²) in [6, 6.07) is 10.4. The third-order valence-electron chi connectivity index (χ3n) is 2.24. The van der Waals surface area contributed by atoms with Crippen molar-refractivity contribution in [2.45, 2.75) is 10.6 Å². The molecule has 0 amide bonds. The number of thiophene rings is 1. The van der Waals surface area contributed by atoms with Crippen molar-refractivity contribution in [3.05, 3.63) is 50.6 Å². The summed E-state index contributed by atoms with van der Waals surface area (Å²) in [5, 5.41) is 2.08. The smallest absolute Gasteiger partial charge is 0.0555 e. The molecular weight excluding hydrogens is 326 g/mol. The molecule has 0 spiro atoms. The van der Waals surface area contributed by atoms with Gasteiger partial charge in [-0.05, 0) is 29.6 Å². The molecule has 0 aliphatic heterocycles. The third-order valence-corrected chi connectivity index (χ3v) is 4.85. The van der Waals surface area contributed by atoms with E-state index in [-0.39, 0.29) is 0 Å². The minimum Gasteiger partial charge on any atom is -0.320 e. The zero-order valence-corrected chi connectivity index (χ0v) is 12.9. The summed E-state index contributed by atoms with van der Waals surface area (Å²) in [6.45, 7) is 0.411. The number of thioether (sulfide) groups is 1. The van der Waals surface area contributed by atoms with Gasteiger partial charge in [0.15, 0.2) is 0 Å². The van der Waals surface area contributed by atoms with Gasteiger partial charge in [0.2, 0.25) is 0 Å². The molecule has 2 aromatic rings. The minimum absolute atomic E-state index is 0.411. The van der Waals surface area contributed by atoms with Crippen LogP contribution in [0.25, 0.3) is 0 Å². The van der Waals surface area contributed by atoms with Gasteiger partial charge in [-0.3, -0.25) is 0 Å². The Balaban J connectivity index is 2.04. The fourth-order valence-corrected chi connectivity index (χ4v) is 3.87. The molecule has 0 fully saturated rings. The average molecular weight is 338 g/mol. The molecule has 1 aromatic carbocycles. The van der Waals surface area contributed by atoms with Gasteiger partial charge in [-0.2, -0.15) is 0 Å². The lowest BCUT2D eigenvalue weighted by atomic mass is 10.3. The van der Waals surface area contributed by atoms with E-state index in [4.69, 9.17) is 5.73 Å². The maximum atomic E-state index is 5.40. The zero-order valence-electron chi connectivity index (χ0n) is 9.65. The van der Waals surface area contributed by atoms with Crippen molar-refractivity contribution in [3.8, 4) is 11.8 Å². The SMILES string of the molecule is NCC#Cc1ccsc1CSc1cccc(Br)c1. The van der Waals surface area contributed by atoms with Crippen LogP contribution in [0.4, 0.5) is 0 Å². The minimum atomic E-state index is 0.411. The Morgan fingerprint density at radius 3 is 3.00 bits per heavy atom. The van der Waals surface area contributed by atoms with Crippen LogP contribution in [0.2, 0.25) is 0 Å². The Hall–Kier alpha value is -0.730. The number of nitrogens with two attached hydrogens (primary N) is 1. The van der Waals surface area contributed by atoms with Crippen LogP contribution in [0.5, 0.6) is 0 Å². The van der Waals surface area contributed by atoms with E-state index in [1.807, 2.05) is 17.8 Å². The molecule has 92 valence electrons. The maximum Gasteiger partial charge on any atom is 0.0555 e. The molecule has 0 aliphatic rings. The monoisotopic (exact) mass is 337 g/mol. The highest BCUT2D eigenvalue weighted by Crippen LogP contribution is 2.28. The topological polar surface area (TPSA) is 26.0 Å². The molecule has 0 unspecified atom stereocenters. The molecule has 0 saturated heterocycles. The molecule has 0 bridgehead atoms. The second-order valence-corrected chi connectivity index (χ2v) is 6.47. The van der Waals surface area contributed by atoms with Crippen molar-refractivity contribution in [3.63, 3.8) is 0 Å². The first kappa shape index (κ1) is 13.7. The lowest BCUT2D eigenvalue weighted by Crippen LogP contribution is -1.93. The molecule has 0 saturated carbocycles. The van der Waals surface area contributed by atoms with E-state index in [1.54, 1.807) is 11.3 Å². The second-order valence-electron chi connectivity index (χ2n) is 3.51. The molecule has 1 heterocycles. The van der Waals surface area contributed by atoms with Crippen LogP contribution < -0.4 is 5.73 Å². The lowest BCUT2D eigenvalue weighted by Gasteiger charge is -2.01. The van der Waals surface area contributed by atoms with Crippen LogP contribution in [-0.4, -0.2) is 6.54 Å². The normalized spacial score (nSPS) is 9.89. The highest BCUT2D eigenvalue weighted by atomic mass is 79.9. The predicted molar refractivity (Wildman–Crippen MR) is 84.0 cm³/mol. The van der Waals surface area contributed by atoms with Crippen LogP contribution >= 0.6 is 39.0 Å². The lowest BCUT2D eigenvalue weighted by molar-refractivity contribution is 1.30. The van der Waals surface area contributed by atoms with E-state index in [1.165, 1.54) is 9.77 Å². The molecule has 4 heteroatoms. The van der Waals surface area contributed by atoms with E-state index < -0.39 is 0 Å². The number of rotatable bonds is 3. The summed E-state index contributed by atoms with van der Waals surface area (Å²) in [6.07, 6.45) is 0. The number of hydrogen-bond donors (Lipinski definition) is 1. The Kier molecular flexibility index (Phi) is 5.33. The van der Waals surface area contributed by atoms with Crippen molar-refractivity contribution >= 4 is 39.0 Å². The van der Waals surface area contributed by atoms with Crippen LogP contribution in [0.3, 0.4) is 0 Å². The highest BCUT2D eigenvalue weighted by molar-refractivity contribution is 9.10. The van der Waals surface area contributed by atoms with Gasteiger partial charge in [0, 0.05) is 25.6 Å². The van der Waals surface area contributed by atoms with E-state index in [9.17, 15) is 0 Å². The largest absolute Gasteiger partial charge is 0.320 e. The molecule has 0 atom stereocenters. The quantitative estimate of drug-likeness (QED) is 0.673. The molecule has 1 aromatic heterocycles. The number of benzene rings is 1. The van der Waals surface area contributed by atoms with Crippen molar-refractivity contribution in [2.75, 3.05) is 6.54 Å². The molecule has 2 rings (SSSR count). The van der Waals surface area contributed by atoms with E-state index in [2.05, 4.69) is 57.4 Å². The van der Waals surface area contributed by atoms with Gasteiger partial charge in [0.1, 0.15) is 0 Å². The van der Waals surface area contributed by atoms with Crippen LogP contribution in [0.15, 0.2) is 45.1 Å². The molecule has 0 aliphatic carbocycles. The van der Waals surface area contributed by atoms with Gasteiger partial charge in [-0.25, -0.2) is 0 Å². The first-order valence-electron chi connectivity index (χ1n) is 5.43. The Bertz CT molecular complexity index is 581. The Labute approximate surface area is 124 Å². The summed E-state index contributed by atoms with van der Waals surface area (Å²) in [7, 11) is 0. The average Bonchev–Trinajstić information content (AvgIpc) is 2.81. The number of hydrogen-bond acceptors (Lipinski definition) is 3. The van der Waals surface area contributed by atoms with Gasteiger partial charge in [0.05, 0.1) is 6.54 Å². The fraction of sp³-hybridized carbons (Fsp3) is 0.143. The van der Waals surface area contributed by atoms with Gasteiger partial charge >= 0.3 is 0 Å². The molecular formula is C14H12BrNS2. The summed E-state index contributed by atoms with van der Waals surface area (Å²) < 4.78 is 1.11. The van der Waals surface area contributed by atoms with Crippen molar-refractivity contribution < 1.29 is 0 Å². The first-order chi connectivity index (χ1) is 8.79. The van der Waals surface area contributed by atoms with Crippen molar-refractivity contribution in [1.29, 1.82) is 0 Å². The summed E-state index contributed by atoms with van der Waals surface area (Å²) in [5.74, 6) is 6.97. The van der Waals surface area contributed by atoms with Gasteiger partial charge in [-0.15, -0.1) is 23.1 Å². The standard InChI is InChI=1S/C14H12BrNS2/c15-12-4-1-5-13(9-12)18-10-14-11(3-2-7-16)6-8-17-14/h1,4-6,8-9H,7,10,16H2. The van der Waals surface area contributed by atoms with Gasteiger partial charge in [-0.1, -0.05) is 33.8 Å². The first-order valence-corrected chi connectivity index (χ1v) is 8.09. The van der Waals surface area contributed by atoms with Crippen LogP contribution in [-0.2, 0) is 5.75 Å². The van der Waals surface area contributed by atoms with Gasteiger partial charge < -0.3 is 5.73 Å². The molecule has 18 heavy (non-hydrogen) atoms. The van der Waals surface area contributed by atoms with Crippen LogP contribution in [0.1, 0.15) is 10.4 Å². The molecule has 0 radical (unpaired) electrons. The van der Waals surface area contributed by atoms with E-state index in [0.29, 0.717) is 6.54 Å². The third kappa shape index (κ3) is 3.89. The van der Waals surface area contributed by atoms with E-state index >= 15 is 0 Å². The molecule has 2 N–H and O–H groups in total. The van der Waals surface area contributed by atoms with Crippen molar-refractivity contribution in [1.82, 2.24) is 0 Å². The fourth-order valence-electron chi connectivity index (χ4n) is 1.42. The summed E-state index contributed by atoms with van der Waals surface area (Å²) in [4.78, 5) is 2.57. The predicted octanol–water partition coefficient (Wildman–Crippen LogP) is 4.11. The summed E-state index contributed by atoms with van der Waals surface area (Å²) in [5.41, 5.74) is 6.50. The Morgan fingerprint density at radius 2 is 2.22 bits per heavy atom. The Morgan fingerprint density at radius 1 is 1.33 bits per heavy atom. The zero-order chi connectivity index (χ0) is 12.8. The second kappa shape index (κ2) is 7.01.